The third-order valence-electron chi connectivity index (χ3n) is 2.77. The summed E-state index contributed by atoms with van der Waals surface area (Å²) in [7, 11) is 0. The molecule has 3 rings (SSSR count). The van der Waals surface area contributed by atoms with Crippen LogP contribution in [0.5, 0.6) is 0 Å². The molecule has 2 N–H and O–H groups in total. The summed E-state index contributed by atoms with van der Waals surface area (Å²) in [5.74, 6) is 0.335. The molecule has 0 aliphatic carbocycles. The van der Waals surface area contributed by atoms with Crippen molar-refractivity contribution in [3.8, 4) is 11.3 Å². The van der Waals surface area contributed by atoms with Gasteiger partial charge in [0.05, 0.1) is 30.0 Å². The van der Waals surface area contributed by atoms with Crippen molar-refractivity contribution in [1.29, 1.82) is 0 Å². The summed E-state index contributed by atoms with van der Waals surface area (Å²) in [5.41, 5.74) is 7.27. The van der Waals surface area contributed by atoms with Crippen LogP contribution in [0.25, 0.3) is 11.3 Å². The van der Waals surface area contributed by atoms with E-state index in [1.807, 2.05) is 16.9 Å². The first-order valence-electron chi connectivity index (χ1n) is 5.28. The molecule has 1 fully saturated rings. The van der Waals surface area contributed by atoms with Crippen molar-refractivity contribution in [1.82, 2.24) is 14.8 Å². The summed E-state index contributed by atoms with van der Waals surface area (Å²) < 4.78 is 7.03. The van der Waals surface area contributed by atoms with E-state index in [-0.39, 0.29) is 0 Å². The lowest BCUT2D eigenvalue weighted by molar-refractivity contribution is -0.0285. The van der Waals surface area contributed by atoms with Gasteiger partial charge in [0.15, 0.2) is 0 Å². The lowest BCUT2D eigenvalue weighted by atomic mass is 10.2. The van der Waals surface area contributed by atoms with E-state index < -0.39 is 0 Å². The van der Waals surface area contributed by atoms with E-state index in [1.165, 1.54) is 0 Å². The van der Waals surface area contributed by atoms with Gasteiger partial charge in [0.25, 0.3) is 0 Å². The molecule has 2 aromatic rings. The summed E-state index contributed by atoms with van der Waals surface area (Å²) in [6.45, 7) is 1.45. The third kappa shape index (κ3) is 1.87. The Labute approximate surface area is 103 Å². The number of ether oxygens (including phenoxy) is 1. The van der Waals surface area contributed by atoms with Crippen LogP contribution >= 0.6 is 11.6 Å². The molecule has 6 heteroatoms. The number of pyridine rings is 1. The molecule has 0 radical (unpaired) electrons. The molecule has 0 unspecified atom stereocenters. The molecule has 1 aliphatic rings. The molecular weight excluding hydrogens is 240 g/mol. The van der Waals surface area contributed by atoms with E-state index in [2.05, 4.69) is 10.1 Å². The van der Waals surface area contributed by atoms with E-state index in [4.69, 9.17) is 22.1 Å². The standard InChI is InChI=1S/C11H11ClN4O/c12-9-3-7(4-14-11(9)13)10-1-2-16(15-10)8-5-17-6-8/h1-4,8H,5-6H2,(H2,13,14). The van der Waals surface area contributed by atoms with Gasteiger partial charge in [0.1, 0.15) is 5.82 Å². The molecule has 5 nitrogen and oxygen atoms in total. The van der Waals surface area contributed by atoms with Gasteiger partial charge in [-0.3, -0.25) is 4.68 Å². The molecule has 0 aromatic carbocycles. The number of aromatic nitrogens is 3. The lowest BCUT2D eigenvalue weighted by Gasteiger charge is -2.25. The first kappa shape index (κ1) is 10.6. The second-order valence-corrected chi connectivity index (χ2v) is 4.37. The van der Waals surface area contributed by atoms with Crippen LogP contribution in [0.15, 0.2) is 24.5 Å². The van der Waals surface area contributed by atoms with Gasteiger partial charge in [-0.2, -0.15) is 5.10 Å². The fourth-order valence-electron chi connectivity index (χ4n) is 1.66. The zero-order valence-corrected chi connectivity index (χ0v) is 9.76. The highest BCUT2D eigenvalue weighted by Crippen LogP contribution is 2.25. The summed E-state index contributed by atoms with van der Waals surface area (Å²) in [6, 6.07) is 4.05. The maximum absolute atomic E-state index is 5.93. The number of hydrogen-bond acceptors (Lipinski definition) is 4. The molecular formula is C11H11ClN4O. The van der Waals surface area contributed by atoms with E-state index in [0.29, 0.717) is 16.9 Å². The predicted molar refractivity (Wildman–Crippen MR) is 64.7 cm³/mol. The van der Waals surface area contributed by atoms with Gasteiger partial charge in [-0.25, -0.2) is 4.98 Å². The van der Waals surface area contributed by atoms with Crippen LogP contribution < -0.4 is 5.73 Å². The van der Waals surface area contributed by atoms with Crippen molar-refractivity contribution in [2.75, 3.05) is 18.9 Å². The van der Waals surface area contributed by atoms with Crippen LogP contribution in [0.4, 0.5) is 5.82 Å². The zero-order valence-electron chi connectivity index (χ0n) is 9.01. The van der Waals surface area contributed by atoms with Crippen molar-refractivity contribution in [3.05, 3.63) is 29.5 Å². The summed E-state index contributed by atoms with van der Waals surface area (Å²) >= 11 is 5.93. The smallest absolute Gasteiger partial charge is 0.142 e. The van der Waals surface area contributed by atoms with Gasteiger partial charge in [-0.05, 0) is 12.1 Å². The minimum atomic E-state index is 0.335. The SMILES string of the molecule is Nc1ncc(-c2ccn(C3COC3)n2)cc1Cl. The van der Waals surface area contributed by atoms with Crippen molar-refractivity contribution in [2.45, 2.75) is 6.04 Å². The quantitative estimate of drug-likeness (QED) is 0.882. The lowest BCUT2D eigenvalue weighted by Crippen LogP contribution is -2.30. The minimum Gasteiger partial charge on any atom is -0.382 e. The normalized spacial score (nSPS) is 15.8. The fourth-order valence-corrected chi connectivity index (χ4v) is 1.83. The Morgan fingerprint density at radius 1 is 1.47 bits per heavy atom. The first-order chi connectivity index (χ1) is 8.24. The Bertz CT molecular complexity index is 550. The van der Waals surface area contributed by atoms with Crippen LogP contribution in [0.1, 0.15) is 6.04 Å². The van der Waals surface area contributed by atoms with Gasteiger partial charge >= 0.3 is 0 Å². The van der Waals surface area contributed by atoms with Gasteiger partial charge in [-0.1, -0.05) is 11.6 Å². The molecule has 0 bridgehead atoms. The highest BCUT2D eigenvalue weighted by molar-refractivity contribution is 6.33. The largest absolute Gasteiger partial charge is 0.382 e. The maximum Gasteiger partial charge on any atom is 0.142 e. The van der Waals surface area contributed by atoms with E-state index in [9.17, 15) is 0 Å². The molecule has 0 atom stereocenters. The Hall–Kier alpha value is -1.59. The number of rotatable bonds is 2. The van der Waals surface area contributed by atoms with Gasteiger partial charge in [0.2, 0.25) is 0 Å². The van der Waals surface area contributed by atoms with Crippen LogP contribution in [0.2, 0.25) is 5.02 Å². The second-order valence-electron chi connectivity index (χ2n) is 3.96. The van der Waals surface area contributed by atoms with Crippen molar-refractivity contribution >= 4 is 17.4 Å². The topological polar surface area (TPSA) is 66.0 Å². The molecule has 17 heavy (non-hydrogen) atoms. The van der Waals surface area contributed by atoms with Crippen LogP contribution in [-0.2, 0) is 4.74 Å². The van der Waals surface area contributed by atoms with E-state index >= 15 is 0 Å². The van der Waals surface area contributed by atoms with Crippen LogP contribution in [0, 0.1) is 0 Å². The van der Waals surface area contributed by atoms with Crippen LogP contribution in [-0.4, -0.2) is 28.0 Å². The Kier molecular flexibility index (Phi) is 2.49. The number of nitrogens with zero attached hydrogens (tertiary/aromatic N) is 3. The summed E-state index contributed by atoms with van der Waals surface area (Å²) in [4.78, 5) is 4.02. The number of nitrogens with two attached hydrogens (primary N) is 1. The van der Waals surface area contributed by atoms with Gasteiger partial charge in [-0.15, -0.1) is 0 Å². The predicted octanol–water partition coefficient (Wildman–Crippen LogP) is 1.75. The molecule has 1 saturated heterocycles. The number of hydrogen-bond donors (Lipinski definition) is 1. The molecule has 2 aromatic heterocycles. The summed E-state index contributed by atoms with van der Waals surface area (Å²) in [6.07, 6.45) is 3.61. The van der Waals surface area contributed by atoms with E-state index in [1.54, 1.807) is 12.3 Å². The highest BCUT2D eigenvalue weighted by atomic mass is 35.5. The number of nitrogen functional groups attached to an aromatic ring is 1. The molecule has 88 valence electrons. The molecule has 0 spiro atoms. The van der Waals surface area contributed by atoms with Crippen molar-refractivity contribution in [3.63, 3.8) is 0 Å². The van der Waals surface area contributed by atoms with Crippen LogP contribution in [0.3, 0.4) is 0 Å². The fraction of sp³-hybridized carbons (Fsp3) is 0.273. The second kappa shape index (κ2) is 4.01. The molecule has 0 saturated carbocycles. The number of anilines is 1. The molecule has 0 amide bonds. The summed E-state index contributed by atoms with van der Waals surface area (Å²) in [5, 5.41) is 4.92. The van der Waals surface area contributed by atoms with Gasteiger partial charge < -0.3 is 10.5 Å². The maximum atomic E-state index is 5.93. The average Bonchev–Trinajstić information content (AvgIpc) is 2.69. The van der Waals surface area contributed by atoms with Gasteiger partial charge in [0, 0.05) is 18.0 Å². The van der Waals surface area contributed by atoms with Crippen molar-refractivity contribution in [2.24, 2.45) is 0 Å². The van der Waals surface area contributed by atoms with Crippen molar-refractivity contribution < 1.29 is 4.74 Å². The monoisotopic (exact) mass is 250 g/mol. The minimum absolute atomic E-state index is 0.335. The average molecular weight is 251 g/mol. The van der Waals surface area contributed by atoms with E-state index in [0.717, 1.165) is 24.5 Å². The Balaban J connectivity index is 1.92. The Morgan fingerprint density at radius 2 is 2.29 bits per heavy atom. The molecule has 1 aliphatic heterocycles. The third-order valence-corrected chi connectivity index (χ3v) is 3.07. The number of halogens is 1. The first-order valence-corrected chi connectivity index (χ1v) is 5.66. The highest BCUT2D eigenvalue weighted by Gasteiger charge is 2.21. The Morgan fingerprint density at radius 3 is 2.94 bits per heavy atom. The zero-order chi connectivity index (χ0) is 11.8. The molecule has 3 heterocycles.